The van der Waals surface area contributed by atoms with E-state index in [0.29, 0.717) is 17.5 Å². The molecule has 2 aliphatic carbocycles. The van der Waals surface area contributed by atoms with E-state index in [1.807, 2.05) is 12.1 Å². The molecule has 0 amide bonds. The molecule has 8 aromatic carbocycles. The highest BCUT2D eigenvalue weighted by atomic mass is 16.3. The molecule has 4 nitrogen and oxygen atoms in total. The van der Waals surface area contributed by atoms with E-state index in [2.05, 4.69) is 191 Å². The van der Waals surface area contributed by atoms with Crippen molar-refractivity contribution < 1.29 is 4.42 Å². The molecule has 0 N–H and O–H groups in total. The van der Waals surface area contributed by atoms with Crippen molar-refractivity contribution in [1.82, 2.24) is 15.0 Å². The molecule has 61 heavy (non-hydrogen) atoms. The summed E-state index contributed by atoms with van der Waals surface area (Å²) in [6.07, 6.45) is 0. The third-order valence-corrected chi connectivity index (χ3v) is 13.3. The molecule has 2 aromatic heterocycles. The maximum Gasteiger partial charge on any atom is 0.164 e. The lowest BCUT2D eigenvalue weighted by atomic mass is 9.80. The van der Waals surface area contributed by atoms with E-state index in [4.69, 9.17) is 19.4 Å². The molecular formula is C57H41N3O. The molecule has 12 rings (SSSR count). The Kier molecular flexibility index (Phi) is 7.59. The number of fused-ring (bicyclic) bond motifs is 9. The van der Waals surface area contributed by atoms with Gasteiger partial charge >= 0.3 is 0 Å². The van der Waals surface area contributed by atoms with Crippen LogP contribution in [0.25, 0.3) is 101 Å². The van der Waals surface area contributed by atoms with Crippen LogP contribution in [0.15, 0.2) is 180 Å². The molecule has 0 radical (unpaired) electrons. The van der Waals surface area contributed by atoms with Crippen molar-refractivity contribution in [3.8, 4) is 78.7 Å². The van der Waals surface area contributed by atoms with Crippen LogP contribution in [0.5, 0.6) is 0 Å². The maximum absolute atomic E-state index is 6.59. The van der Waals surface area contributed by atoms with Gasteiger partial charge in [-0.2, -0.15) is 0 Å². The van der Waals surface area contributed by atoms with Crippen molar-refractivity contribution in [3.63, 3.8) is 0 Å². The molecule has 0 atom stereocenters. The summed E-state index contributed by atoms with van der Waals surface area (Å²) in [7, 11) is 0. The van der Waals surface area contributed by atoms with Crippen molar-refractivity contribution in [3.05, 3.63) is 198 Å². The summed E-state index contributed by atoms with van der Waals surface area (Å²) in [4.78, 5) is 15.9. The smallest absolute Gasteiger partial charge is 0.164 e. The molecule has 0 unspecified atom stereocenters. The summed E-state index contributed by atoms with van der Waals surface area (Å²) in [6.45, 7) is 9.26. The highest BCUT2D eigenvalue weighted by molar-refractivity contribution is 6.13. The highest BCUT2D eigenvalue weighted by Crippen LogP contribution is 2.52. The van der Waals surface area contributed by atoms with Gasteiger partial charge in [0.2, 0.25) is 0 Å². The summed E-state index contributed by atoms with van der Waals surface area (Å²) < 4.78 is 6.59. The normalized spacial score (nSPS) is 14.2. The zero-order valence-electron chi connectivity index (χ0n) is 34.5. The number of hydrogen-bond acceptors (Lipinski definition) is 4. The second-order valence-electron chi connectivity index (χ2n) is 17.6. The van der Waals surface area contributed by atoms with Crippen LogP contribution in [-0.4, -0.2) is 15.0 Å². The number of rotatable bonds is 5. The Morgan fingerprint density at radius 2 is 0.885 bits per heavy atom. The standard InChI is InChI=1S/C57H41N3O/c1-56(2)46-24-10-9-20-41(46)45-32-36(28-30-48(45)56)35-17-12-18-37(31-35)53-58-54(60-55(59-53)44-23-13-22-42-40-19-8-11-25-47(40)57(3,4)52(42)44)38-27-29-43-50(33-38)61-49-26-14-21-39(51(43)49)34-15-6-5-7-16-34/h5-33H,1-4H3. The van der Waals surface area contributed by atoms with Gasteiger partial charge in [0.25, 0.3) is 0 Å². The van der Waals surface area contributed by atoms with Gasteiger partial charge in [-0.05, 0) is 97.1 Å². The van der Waals surface area contributed by atoms with Crippen molar-refractivity contribution in [2.24, 2.45) is 0 Å². The highest BCUT2D eigenvalue weighted by Gasteiger charge is 2.38. The lowest BCUT2D eigenvalue weighted by Crippen LogP contribution is -2.17. The zero-order chi connectivity index (χ0) is 41.0. The van der Waals surface area contributed by atoms with Crippen LogP contribution in [0, 0.1) is 0 Å². The quantitative estimate of drug-likeness (QED) is 0.174. The lowest BCUT2D eigenvalue weighted by molar-refractivity contribution is 0.660. The average Bonchev–Trinajstić information content (AvgIpc) is 3.88. The Bertz CT molecular complexity index is 3430. The molecule has 0 bridgehead atoms. The fraction of sp³-hybridized carbons (Fsp3) is 0.105. The predicted molar refractivity (Wildman–Crippen MR) is 249 cm³/mol. The summed E-state index contributed by atoms with van der Waals surface area (Å²) in [5.74, 6) is 1.87. The molecule has 0 aliphatic heterocycles. The van der Waals surface area contributed by atoms with Crippen LogP contribution < -0.4 is 0 Å². The second-order valence-corrected chi connectivity index (χ2v) is 17.6. The number of benzene rings is 8. The van der Waals surface area contributed by atoms with Crippen molar-refractivity contribution in [2.75, 3.05) is 0 Å². The Morgan fingerprint density at radius 1 is 0.344 bits per heavy atom. The monoisotopic (exact) mass is 783 g/mol. The topological polar surface area (TPSA) is 51.8 Å². The maximum atomic E-state index is 6.59. The second kappa shape index (κ2) is 13.0. The molecule has 0 saturated carbocycles. The first-order valence-corrected chi connectivity index (χ1v) is 21.1. The molecule has 10 aromatic rings. The first-order chi connectivity index (χ1) is 29.7. The Balaban J connectivity index is 1.03. The predicted octanol–water partition coefficient (Wildman–Crippen LogP) is 14.7. The van der Waals surface area contributed by atoms with Gasteiger partial charge in [-0.25, -0.2) is 15.0 Å². The van der Waals surface area contributed by atoms with Gasteiger partial charge in [-0.3, -0.25) is 0 Å². The van der Waals surface area contributed by atoms with Crippen LogP contribution >= 0.6 is 0 Å². The lowest BCUT2D eigenvalue weighted by Gasteiger charge is -2.24. The summed E-state index contributed by atoms with van der Waals surface area (Å²) >= 11 is 0. The molecule has 4 heteroatoms. The molecule has 2 heterocycles. The van der Waals surface area contributed by atoms with Crippen LogP contribution in [0.3, 0.4) is 0 Å². The van der Waals surface area contributed by atoms with Gasteiger partial charge in [-0.15, -0.1) is 0 Å². The first kappa shape index (κ1) is 35.5. The molecule has 0 spiro atoms. The van der Waals surface area contributed by atoms with E-state index in [-0.39, 0.29) is 10.8 Å². The summed E-state index contributed by atoms with van der Waals surface area (Å²) in [5, 5.41) is 2.16. The van der Waals surface area contributed by atoms with Gasteiger partial charge in [0, 0.05) is 38.3 Å². The fourth-order valence-corrected chi connectivity index (χ4v) is 10.3. The Labute approximate surface area is 355 Å². The molecular weight excluding hydrogens is 743 g/mol. The van der Waals surface area contributed by atoms with E-state index >= 15 is 0 Å². The van der Waals surface area contributed by atoms with E-state index in [9.17, 15) is 0 Å². The van der Waals surface area contributed by atoms with Gasteiger partial charge in [-0.1, -0.05) is 173 Å². The molecule has 290 valence electrons. The summed E-state index contributed by atoms with van der Waals surface area (Å²) in [6, 6.07) is 62.8. The molecule has 0 saturated heterocycles. The average molecular weight is 784 g/mol. The van der Waals surface area contributed by atoms with Crippen LogP contribution in [0.2, 0.25) is 0 Å². The minimum atomic E-state index is -0.250. The summed E-state index contributed by atoms with van der Waals surface area (Å²) in [5.41, 5.74) is 19.1. The van der Waals surface area contributed by atoms with E-state index in [0.717, 1.165) is 60.9 Å². The van der Waals surface area contributed by atoms with E-state index in [1.54, 1.807) is 0 Å². The fourth-order valence-electron chi connectivity index (χ4n) is 10.3. The third kappa shape index (κ3) is 5.35. The Hall–Kier alpha value is -7.43. The van der Waals surface area contributed by atoms with Crippen molar-refractivity contribution >= 4 is 21.9 Å². The van der Waals surface area contributed by atoms with Crippen LogP contribution in [0.1, 0.15) is 49.9 Å². The number of nitrogens with zero attached hydrogens (tertiary/aromatic N) is 3. The van der Waals surface area contributed by atoms with Crippen LogP contribution in [0.4, 0.5) is 0 Å². The zero-order valence-corrected chi connectivity index (χ0v) is 34.5. The van der Waals surface area contributed by atoms with Gasteiger partial charge in [0.15, 0.2) is 17.5 Å². The molecule has 0 fully saturated rings. The van der Waals surface area contributed by atoms with Crippen molar-refractivity contribution in [1.29, 1.82) is 0 Å². The van der Waals surface area contributed by atoms with E-state index in [1.165, 1.54) is 44.5 Å². The largest absolute Gasteiger partial charge is 0.456 e. The third-order valence-electron chi connectivity index (χ3n) is 13.3. The Morgan fingerprint density at radius 3 is 1.69 bits per heavy atom. The van der Waals surface area contributed by atoms with Gasteiger partial charge < -0.3 is 4.42 Å². The minimum absolute atomic E-state index is 0.0485. The molecule has 2 aliphatic rings. The number of hydrogen-bond donors (Lipinski definition) is 0. The van der Waals surface area contributed by atoms with Gasteiger partial charge in [0.1, 0.15) is 11.2 Å². The number of aromatic nitrogens is 3. The number of furan rings is 1. The SMILES string of the molecule is CC1(C)c2ccccc2-c2cc(-c3cccc(-c4nc(-c5ccc6c(c5)oc5cccc(-c7ccccc7)c56)nc(-c5cccc6c5C(C)(C)c5ccccc5-6)n4)c3)ccc21. The first-order valence-electron chi connectivity index (χ1n) is 21.1. The van der Waals surface area contributed by atoms with Gasteiger partial charge in [0.05, 0.1) is 0 Å². The van der Waals surface area contributed by atoms with Crippen LogP contribution in [-0.2, 0) is 10.8 Å². The van der Waals surface area contributed by atoms with Crippen molar-refractivity contribution in [2.45, 2.75) is 38.5 Å². The minimum Gasteiger partial charge on any atom is -0.456 e. The van der Waals surface area contributed by atoms with E-state index < -0.39 is 0 Å².